The van der Waals surface area contributed by atoms with Gasteiger partial charge >= 0.3 is 5.97 Å². The zero-order chi connectivity index (χ0) is 33.4. The van der Waals surface area contributed by atoms with E-state index < -0.39 is 19.5 Å². The number of nitrogens with zero attached hydrogens (tertiary/aromatic N) is 1. The second-order valence-corrected chi connectivity index (χ2v) is 18.1. The number of unbranched alkanes of at least 4 members (excludes halogenated alkanes) is 1. The Morgan fingerprint density at radius 1 is 1.02 bits per heavy atom. The second-order valence-electron chi connectivity index (χ2n) is 13.1. The predicted octanol–water partition coefficient (Wildman–Crippen LogP) is 6.71. The van der Waals surface area contributed by atoms with E-state index in [-0.39, 0.29) is 35.9 Å². The van der Waals surface area contributed by atoms with Gasteiger partial charge in [-0.05, 0) is 53.2 Å². The van der Waals surface area contributed by atoms with Crippen molar-refractivity contribution in [2.75, 3.05) is 7.11 Å². The van der Waals surface area contributed by atoms with Crippen molar-refractivity contribution in [3.63, 3.8) is 0 Å². The number of aromatic nitrogens is 1. The summed E-state index contributed by atoms with van der Waals surface area (Å²) in [7, 11) is -1.91. The maximum absolute atomic E-state index is 13.0. The number of ether oxygens (including phenoxy) is 1. The van der Waals surface area contributed by atoms with Gasteiger partial charge in [0, 0.05) is 30.6 Å². The second kappa shape index (κ2) is 15.5. The van der Waals surface area contributed by atoms with Crippen LogP contribution >= 0.6 is 11.3 Å². The third-order valence-electron chi connectivity index (χ3n) is 9.55. The van der Waals surface area contributed by atoms with Crippen molar-refractivity contribution in [1.82, 2.24) is 4.98 Å². The topological polar surface area (TPSA) is 96.7 Å². The highest BCUT2D eigenvalue weighted by atomic mass is 32.1. The predicted molar refractivity (Wildman–Crippen MR) is 193 cm³/mol. The van der Waals surface area contributed by atoms with Crippen molar-refractivity contribution in [2.24, 2.45) is 11.8 Å². The molecule has 0 amide bonds. The number of Topliss-reactive ketones (excluding diaryl/α,β-unsaturated/α-hetero) is 1. The molecule has 0 saturated heterocycles. The first-order valence-corrected chi connectivity index (χ1v) is 19.2. The highest BCUT2D eigenvalue weighted by molar-refractivity contribution is 7.18. The number of thiazole rings is 1. The number of methoxy groups -OCH3 is 1. The molecule has 6 nitrogen and oxygen atoms in total. The first kappa shape index (κ1) is 34.6. The Morgan fingerprint density at radius 3 is 2.30 bits per heavy atom. The summed E-state index contributed by atoms with van der Waals surface area (Å²) in [4.78, 5) is 42.4. The number of hydrogen-bond acceptors (Lipinski definition) is 7. The van der Waals surface area contributed by atoms with Gasteiger partial charge < -0.3 is 14.6 Å². The van der Waals surface area contributed by atoms with Gasteiger partial charge in [0.25, 0.3) is 8.32 Å². The van der Waals surface area contributed by atoms with E-state index in [2.05, 4.69) is 26.0 Å². The molecule has 1 fully saturated rings. The molecule has 1 aromatic heterocycles. The lowest BCUT2D eigenvalue weighted by molar-refractivity contribution is -0.140. The van der Waals surface area contributed by atoms with Crippen LogP contribution in [0.2, 0.25) is 5.04 Å². The number of benzene rings is 3. The molecular weight excluding hydrogens is 623 g/mol. The van der Waals surface area contributed by atoms with Crippen LogP contribution < -0.4 is 10.4 Å². The molecule has 5 rings (SSSR count). The largest absolute Gasteiger partial charge is 0.469 e. The van der Waals surface area contributed by atoms with Gasteiger partial charge in [-0.1, -0.05) is 111 Å². The third kappa shape index (κ3) is 7.89. The quantitative estimate of drug-likeness (QED) is 0.0672. The van der Waals surface area contributed by atoms with Crippen LogP contribution in [0.25, 0.3) is 10.2 Å². The zero-order valence-electron chi connectivity index (χ0n) is 27.4. The number of ketones is 1. The Bertz CT molecular complexity index is 1630. The minimum Gasteiger partial charge on any atom is -0.469 e. The van der Waals surface area contributed by atoms with Gasteiger partial charge in [-0.2, -0.15) is 0 Å². The number of aliphatic hydroxyl groups is 1. The Balaban J connectivity index is 1.45. The Labute approximate surface area is 283 Å². The number of esters is 1. The van der Waals surface area contributed by atoms with Crippen molar-refractivity contribution in [3.05, 3.63) is 114 Å². The number of carbonyl (C=O) groups is 2. The molecule has 4 atom stereocenters. The summed E-state index contributed by atoms with van der Waals surface area (Å²) in [6.07, 6.45) is 10.5. The highest BCUT2D eigenvalue weighted by Crippen LogP contribution is 2.46. The normalized spacial score (nSPS) is 19.6. The molecule has 3 aromatic carbocycles. The first-order valence-electron chi connectivity index (χ1n) is 16.4. The molecule has 0 radical (unpaired) electrons. The summed E-state index contributed by atoms with van der Waals surface area (Å²) in [6, 6.07) is 28.2. The van der Waals surface area contributed by atoms with Crippen molar-refractivity contribution in [1.29, 1.82) is 0 Å². The van der Waals surface area contributed by atoms with Gasteiger partial charge in [0.2, 0.25) is 0 Å². The molecule has 8 heteroatoms. The van der Waals surface area contributed by atoms with Gasteiger partial charge in [0.1, 0.15) is 10.8 Å². The Kier molecular flexibility index (Phi) is 11.4. The van der Waals surface area contributed by atoms with Crippen LogP contribution in [0.1, 0.15) is 63.3 Å². The molecule has 1 aliphatic carbocycles. The number of para-hydroxylation sites is 1. The van der Waals surface area contributed by atoms with Crippen LogP contribution in [-0.4, -0.2) is 48.2 Å². The summed E-state index contributed by atoms with van der Waals surface area (Å²) in [5.74, 6) is -0.940. The summed E-state index contributed by atoms with van der Waals surface area (Å²) >= 11 is 1.66. The van der Waals surface area contributed by atoms with Gasteiger partial charge in [0.05, 0.1) is 23.4 Å². The number of carbonyl (C=O) groups excluding carboxylic acids is 2. The molecule has 246 valence electrons. The van der Waals surface area contributed by atoms with E-state index in [1.807, 2.05) is 97.1 Å². The van der Waals surface area contributed by atoms with Crippen LogP contribution in [0.4, 0.5) is 0 Å². The van der Waals surface area contributed by atoms with E-state index in [4.69, 9.17) is 9.72 Å². The summed E-state index contributed by atoms with van der Waals surface area (Å²) in [6.45, 7) is 4.32. The van der Waals surface area contributed by atoms with Crippen molar-refractivity contribution in [3.8, 4) is 0 Å². The van der Waals surface area contributed by atoms with E-state index in [9.17, 15) is 19.5 Å². The SMILES string of the molecule is COC(=O)CCC/C=C\C[C@H]1C(=O)C[C@@H](O)[C@@H]1/C=C/[C@@H](CC(C)(C)[Si](O)(c1ccccc1)c1ccccc1)c1nc2ccccc2s1. The smallest absolute Gasteiger partial charge is 0.305 e. The summed E-state index contributed by atoms with van der Waals surface area (Å²) in [5.41, 5.74) is 0.939. The van der Waals surface area contributed by atoms with Crippen molar-refractivity contribution in [2.45, 2.75) is 69.4 Å². The van der Waals surface area contributed by atoms with Crippen LogP contribution in [0.15, 0.2) is 109 Å². The van der Waals surface area contributed by atoms with Crippen LogP contribution in [0.3, 0.4) is 0 Å². The number of fused-ring (bicyclic) bond motifs is 1. The van der Waals surface area contributed by atoms with Gasteiger partial charge in [0.15, 0.2) is 0 Å². The maximum Gasteiger partial charge on any atom is 0.305 e. The number of aliphatic hydroxyl groups excluding tert-OH is 1. The lowest BCUT2D eigenvalue weighted by Gasteiger charge is -2.42. The van der Waals surface area contributed by atoms with Gasteiger partial charge in [-0.25, -0.2) is 4.98 Å². The molecule has 0 aliphatic heterocycles. The van der Waals surface area contributed by atoms with Crippen LogP contribution in [-0.2, 0) is 14.3 Å². The first-order chi connectivity index (χ1) is 22.6. The molecule has 1 saturated carbocycles. The fraction of sp³-hybridized carbons (Fsp3) is 0.359. The molecule has 0 spiro atoms. The lowest BCUT2D eigenvalue weighted by atomic mass is 9.88. The maximum atomic E-state index is 13.0. The Morgan fingerprint density at radius 2 is 1.66 bits per heavy atom. The molecular formula is C39H45NO5SSi. The number of rotatable bonds is 14. The average Bonchev–Trinajstić information content (AvgIpc) is 3.64. The fourth-order valence-electron chi connectivity index (χ4n) is 6.91. The molecule has 1 heterocycles. The van der Waals surface area contributed by atoms with Crippen molar-refractivity contribution < 1.29 is 24.2 Å². The monoisotopic (exact) mass is 667 g/mol. The van der Waals surface area contributed by atoms with Crippen LogP contribution in [0, 0.1) is 11.8 Å². The van der Waals surface area contributed by atoms with E-state index in [0.29, 0.717) is 25.7 Å². The standard InChI is InChI=1S/C39H45NO5SSi/c1-39(2,47(44,29-16-8-6-9-17-29)30-18-10-7-11-19-30)27-28(38-40-33-21-14-15-22-36(33)46-38)24-25-32-31(34(41)26-35(32)42)20-12-4-5-13-23-37(43)45-3/h4,6-12,14-19,21-22,24-25,28,31-32,35,42,44H,5,13,20,23,26-27H2,1-3H3/b12-4-,25-24+/t28-,31+,32+,35+/m0/s1. The van der Waals surface area contributed by atoms with Gasteiger partial charge in [-0.3, -0.25) is 9.59 Å². The van der Waals surface area contributed by atoms with E-state index in [0.717, 1.165) is 32.0 Å². The minimum atomic E-state index is -3.30. The van der Waals surface area contributed by atoms with E-state index >= 15 is 0 Å². The van der Waals surface area contributed by atoms with Crippen molar-refractivity contribution >= 4 is 52.0 Å². The zero-order valence-corrected chi connectivity index (χ0v) is 29.2. The molecule has 2 N–H and O–H groups in total. The lowest BCUT2D eigenvalue weighted by Crippen LogP contribution is -2.65. The fourth-order valence-corrected chi connectivity index (χ4v) is 11.7. The Hall–Kier alpha value is -3.69. The van der Waals surface area contributed by atoms with E-state index in [1.54, 1.807) is 11.3 Å². The molecule has 0 unspecified atom stereocenters. The summed E-state index contributed by atoms with van der Waals surface area (Å²) < 4.78 is 5.81. The number of allylic oxidation sites excluding steroid dienone is 3. The molecule has 4 aromatic rings. The summed E-state index contributed by atoms with van der Waals surface area (Å²) in [5, 5.41) is 13.4. The van der Waals surface area contributed by atoms with E-state index in [1.165, 1.54) is 7.11 Å². The van der Waals surface area contributed by atoms with Gasteiger partial charge in [-0.15, -0.1) is 11.3 Å². The average molecular weight is 668 g/mol. The van der Waals surface area contributed by atoms with Crippen LogP contribution in [0.5, 0.6) is 0 Å². The highest BCUT2D eigenvalue weighted by Gasteiger charge is 2.51. The molecule has 1 aliphatic rings. The minimum absolute atomic E-state index is 0.0677. The third-order valence-corrected chi connectivity index (χ3v) is 15.2. The molecule has 47 heavy (non-hydrogen) atoms. The number of hydrogen-bond donors (Lipinski definition) is 2. The molecule has 0 bridgehead atoms.